The first-order valence-corrected chi connectivity index (χ1v) is 10.1. The number of amides is 4. The van der Waals surface area contributed by atoms with Crippen LogP contribution in [0.4, 0.5) is 4.79 Å². The standard InChI is InChI=1S/C19H22N4O3S/c24-15(20-12-16-21-13-6-2-3-7-14(13)27-16)8-11-23-17(25)19(22-18(23)26)9-4-1-5-10-19/h2-3,6-7H,1,4-5,8-12H2,(H,20,24)(H,22,26). The van der Waals surface area contributed by atoms with Gasteiger partial charge in [0, 0.05) is 13.0 Å². The molecule has 142 valence electrons. The highest BCUT2D eigenvalue weighted by Gasteiger charge is 2.50. The molecule has 1 aromatic heterocycles. The van der Waals surface area contributed by atoms with Gasteiger partial charge in [-0.3, -0.25) is 14.5 Å². The number of carbonyl (C=O) groups excluding carboxylic acids is 3. The van der Waals surface area contributed by atoms with E-state index in [0.717, 1.165) is 34.5 Å². The fourth-order valence-corrected chi connectivity index (χ4v) is 4.75. The number of carbonyl (C=O) groups is 3. The Morgan fingerprint density at radius 2 is 2.00 bits per heavy atom. The molecule has 8 heteroatoms. The molecule has 1 saturated carbocycles. The van der Waals surface area contributed by atoms with Crippen LogP contribution in [0.3, 0.4) is 0 Å². The molecule has 2 aliphatic rings. The average Bonchev–Trinajstić information content (AvgIpc) is 3.18. The van der Waals surface area contributed by atoms with Crippen molar-refractivity contribution >= 4 is 39.4 Å². The summed E-state index contributed by atoms with van der Waals surface area (Å²) in [4.78, 5) is 42.7. The second kappa shape index (κ2) is 7.26. The summed E-state index contributed by atoms with van der Waals surface area (Å²) in [6, 6.07) is 7.45. The summed E-state index contributed by atoms with van der Waals surface area (Å²) in [6.07, 6.45) is 4.47. The summed E-state index contributed by atoms with van der Waals surface area (Å²) >= 11 is 1.54. The smallest absolute Gasteiger partial charge is 0.325 e. The zero-order valence-corrected chi connectivity index (χ0v) is 15.8. The Kier molecular flexibility index (Phi) is 4.82. The second-order valence-corrected chi connectivity index (χ2v) is 8.25. The van der Waals surface area contributed by atoms with Gasteiger partial charge in [-0.05, 0) is 25.0 Å². The monoisotopic (exact) mass is 386 g/mol. The van der Waals surface area contributed by atoms with Gasteiger partial charge in [0.05, 0.1) is 16.8 Å². The van der Waals surface area contributed by atoms with E-state index in [1.807, 2.05) is 24.3 Å². The van der Waals surface area contributed by atoms with Crippen LogP contribution in [0.1, 0.15) is 43.5 Å². The topological polar surface area (TPSA) is 91.4 Å². The maximum Gasteiger partial charge on any atom is 0.325 e. The fourth-order valence-electron chi connectivity index (χ4n) is 3.84. The minimum Gasteiger partial charge on any atom is -0.350 e. The number of nitrogens with one attached hydrogen (secondary N) is 2. The quantitative estimate of drug-likeness (QED) is 0.773. The van der Waals surface area contributed by atoms with Gasteiger partial charge in [0.1, 0.15) is 10.5 Å². The van der Waals surface area contributed by atoms with E-state index < -0.39 is 5.54 Å². The summed E-state index contributed by atoms with van der Waals surface area (Å²) in [5.74, 6) is -0.370. The average molecular weight is 386 g/mol. The van der Waals surface area contributed by atoms with Crippen LogP contribution in [0.15, 0.2) is 24.3 Å². The lowest BCUT2D eigenvalue weighted by Crippen LogP contribution is -2.48. The van der Waals surface area contributed by atoms with E-state index in [4.69, 9.17) is 0 Å². The molecule has 1 saturated heterocycles. The Morgan fingerprint density at radius 1 is 1.22 bits per heavy atom. The number of thiazole rings is 1. The molecule has 2 N–H and O–H groups in total. The molecule has 0 radical (unpaired) electrons. The van der Waals surface area contributed by atoms with Gasteiger partial charge in [-0.25, -0.2) is 9.78 Å². The van der Waals surface area contributed by atoms with Crippen LogP contribution in [-0.2, 0) is 16.1 Å². The number of benzene rings is 1. The molecule has 2 aromatic rings. The highest BCUT2D eigenvalue weighted by molar-refractivity contribution is 7.18. The van der Waals surface area contributed by atoms with Crippen LogP contribution in [0, 0.1) is 0 Å². The third kappa shape index (κ3) is 3.53. The summed E-state index contributed by atoms with van der Waals surface area (Å²) in [5, 5.41) is 6.52. The largest absolute Gasteiger partial charge is 0.350 e. The van der Waals surface area contributed by atoms with Crippen molar-refractivity contribution in [2.45, 2.75) is 50.6 Å². The van der Waals surface area contributed by atoms with Crippen molar-refractivity contribution in [2.75, 3.05) is 6.54 Å². The first kappa shape index (κ1) is 17.9. The molecule has 2 fully saturated rings. The Balaban J connectivity index is 1.30. The molecule has 0 unspecified atom stereocenters. The van der Waals surface area contributed by atoms with Gasteiger partial charge in [-0.2, -0.15) is 0 Å². The van der Waals surface area contributed by atoms with E-state index in [0.29, 0.717) is 19.4 Å². The van der Waals surface area contributed by atoms with Gasteiger partial charge < -0.3 is 10.6 Å². The Morgan fingerprint density at radius 3 is 2.78 bits per heavy atom. The van der Waals surface area contributed by atoms with Crippen molar-refractivity contribution in [3.63, 3.8) is 0 Å². The van der Waals surface area contributed by atoms with Crippen molar-refractivity contribution in [1.29, 1.82) is 0 Å². The highest BCUT2D eigenvalue weighted by Crippen LogP contribution is 2.33. The van der Waals surface area contributed by atoms with Gasteiger partial charge >= 0.3 is 6.03 Å². The van der Waals surface area contributed by atoms with Gasteiger partial charge in [0.2, 0.25) is 5.91 Å². The number of hydrogen-bond acceptors (Lipinski definition) is 5. The maximum atomic E-state index is 12.7. The van der Waals surface area contributed by atoms with E-state index >= 15 is 0 Å². The molecule has 1 spiro atoms. The lowest BCUT2D eigenvalue weighted by molar-refractivity contribution is -0.132. The molecule has 1 aromatic carbocycles. The fraction of sp³-hybridized carbons (Fsp3) is 0.474. The molecule has 2 heterocycles. The predicted octanol–water partition coefficient (Wildman–Crippen LogP) is 2.56. The van der Waals surface area contributed by atoms with Crippen LogP contribution in [0.25, 0.3) is 10.2 Å². The van der Waals surface area contributed by atoms with E-state index in [1.165, 1.54) is 4.90 Å². The van der Waals surface area contributed by atoms with Crippen LogP contribution < -0.4 is 10.6 Å². The summed E-state index contributed by atoms with van der Waals surface area (Å²) < 4.78 is 1.08. The zero-order valence-electron chi connectivity index (χ0n) is 15.0. The van der Waals surface area contributed by atoms with Gasteiger partial charge in [-0.15, -0.1) is 11.3 Å². The first-order chi connectivity index (χ1) is 13.1. The van der Waals surface area contributed by atoms with E-state index in [-0.39, 0.29) is 30.8 Å². The van der Waals surface area contributed by atoms with Crippen molar-refractivity contribution in [2.24, 2.45) is 0 Å². The van der Waals surface area contributed by atoms with Crippen LogP contribution in [-0.4, -0.2) is 39.8 Å². The van der Waals surface area contributed by atoms with E-state index in [9.17, 15) is 14.4 Å². The Labute approximate surface area is 161 Å². The van der Waals surface area contributed by atoms with Crippen LogP contribution in [0.2, 0.25) is 0 Å². The minimum atomic E-state index is -0.729. The van der Waals surface area contributed by atoms with Crippen molar-refractivity contribution in [1.82, 2.24) is 20.5 Å². The number of hydrogen-bond donors (Lipinski definition) is 2. The first-order valence-electron chi connectivity index (χ1n) is 9.33. The normalized spacial score (nSPS) is 18.9. The van der Waals surface area contributed by atoms with Crippen molar-refractivity contribution < 1.29 is 14.4 Å². The summed E-state index contributed by atoms with van der Waals surface area (Å²) in [6.45, 7) is 0.459. The van der Waals surface area contributed by atoms with Crippen molar-refractivity contribution in [3.05, 3.63) is 29.3 Å². The molecule has 0 bridgehead atoms. The highest BCUT2D eigenvalue weighted by atomic mass is 32.1. The summed E-state index contributed by atoms with van der Waals surface area (Å²) in [5.41, 5.74) is 0.191. The number of imide groups is 1. The third-order valence-corrected chi connectivity index (χ3v) is 6.33. The molecule has 7 nitrogen and oxygen atoms in total. The lowest BCUT2D eigenvalue weighted by Gasteiger charge is -2.30. The number of nitrogens with zero attached hydrogens (tertiary/aromatic N) is 2. The van der Waals surface area contributed by atoms with E-state index in [2.05, 4.69) is 15.6 Å². The van der Waals surface area contributed by atoms with Crippen LogP contribution in [0.5, 0.6) is 0 Å². The maximum absolute atomic E-state index is 12.7. The number of aromatic nitrogens is 1. The molecule has 1 aliphatic carbocycles. The van der Waals surface area contributed by atoms with Crippen LogP contribution >= 0.6 is 11.3 Å². The number of urea groups is 1. The van der Waals surface area contributed by atoms with Gasteiger partial charge in [0.25, 0.3) is 5.91 Å². The molecule has 27 heavy (non-hydrogen) atoms. The second-order valence-electron chi connectivity index (χ2n) is 7.13. The number of para-hydroxylation sites is 1. The third-order valence-electron chi connectivity index (χ3n) is 5.29. The van der Waals surface area contributed by atoms with Crippen molar-refractivity contribution in [3.8, 4) is 0 Å². The number of rotatable bonds is 5. The molecule has 4 amide bonds. The van der Waals surface area contributed by atoms with Gasteiger partial charge in [0.15, 0.2) is 0 Å². The molecule has 1 aliphatic heterocycles. The predicted molar refractivity (Wildman–Crippen MR) is 102 cm³/mol. The Hall–Kier alpha value is -2.48. The zero-order chi connectivity index (χ0) is 18.9. The SMILES string of the molecule is O=C(CCN1C(=O)NC2(CCCCC2)C1=O)NCc1nc2ccccc2s1. The molecule has 0 atom stereocenters. The Bertz CT molecular complexity index is 855. The van der Waals surface area contributed by atoms with Gasteiger partial charge in [-0.1, -0.05) is 31.4 Å². The molecule has 4 rings (SSSR count). The van der Waals surface area contributed by atoms with E-state index in [1.54, 1.807) is 11.3 Å². The number of fused-ring (bicyclic) bond motifs is 1. The molecular weight excluding hydrogens is 364 g/mol. The molecular formula is C19H22N4O3S. The summed E-state index contributed by atoms with van der Waals surface area (Å²) in [7, 11) is 0. The lowest BCUT2D eigenvalue weighted by atomic mass is 9.82. The minimum absolute atomic E-state index is 0.0974.